The number of carbonyl (C=O) groups is 4. The molecule has 3 amide bonds. The Morgan fingerprint density at radius 3 is 2.28 bits per heavy atom. The summed E-state index contributed by atoms with van der Waals surface area (Å²) in [5, 5.41) is 3.01. The van der Waals surface area contributed by atoms with Gasteiger partial charge in [-0.3, -0.25) is 14.4 Å². The molecule has 4 aliphatic rings. The van der Waals surface area contributed by atoms with Crippen molar-refractivity contribution >= 4 is 29.7 Å². The van der Waals surface area contributed by atoms with E-state index in [2.05, 4.69) is 15.2 Å². The standard InChI is InChI=1S/C34H44N6O6/c1-3-5-17-46-34(44)39-15-13-38(14-16-39)32(42)27(18-22-11-12-22)36-31(41)26-19-28(37-30(35-26)23-9-7-6-8-10-23)40-20-24-25(21-40)29(24)33(43)45-4-2/h6-10,19,22,24-25,27,29H,3-5,11-18,20-21H2,1-2H3,(H,36,41)/t24?,25?,27-,29?/m0/s1. The molecule has 1 aromatic heterocycles. The van der Waals surface area contributed by atoms with Crippen LogP contribution >= 0.6 is 0 Å². The summed E-state index contributed by atoms with van der Waals surface area (Å²) in [6.07, 6.45) is 4.07. The number of benzene rings is 1. The van der Waals surface area contributed by atoms with Crippen LogP contribution in [-0.2, 0) is 19.1 Å². The number of amides is 3. The Labute approximate surface area is 269 Å². The molecule has 2 aromatic rings. The lowest BCUT2D eigenvalue weighted by Gasteiger charge is -2.36. The summed E-state index contributed by atoms with van der Waals surface area (Å²) in [5.41, 5.74) is 0.975. The number of carbonyl (C=O) groups excluding carboxylic acids is 4. The number of nitrogens with zero attached hydrogens (tertiary/aromatic N) is 5. The van der Waals surface area contributed by atoms with Gasteiger partial charge < -0.3 is 29.5 Å². The summed E-state index contributed by atoms with van der Waals surface area (Å²) in [7, 11) is 0. The number of aromatic nitrogens is 2. The number of nitrogens with one attached hydrogen (secondary N) is 1. The van der Waals surface area contributed by atoms with E-state index in [4.69, 9.17) is 14.5 Å². The van der Waals surface area contributed by atoms with Crippen LogP contribution in [0.2, 0.25) is 0 Å². The van der Waals surface area contributed by atoms with Gasteiger partial charge in [0.25, 0.3) is 5.91 Å². The van der Waals surface area contributed by atoms with E-state index < -0.39 is 11.9 Å². The van der Waals surface area contributed by atoms with E-state index in [1.165, 1.54) is 0 Å². The number of unbranched alkanes of at least 4 members (excludes halogenated alkanes) is 1. The van der Waals surface area contributed by atoms with Crippen molar-refractivity contribution in [3.05, 3.63) is 42.1 Å². The van der Waals surface area contributed by atoms with Crippen molar-refractivity contribution in [2.75, 3.05) is 57.4 Å². The number of anilines is 1. The highest BCUT2D eigenvalue weighted by Crippen LogP contribution is 2.53. The summed E-state index contributed by atoms with van der Waals surface area (Å²) in [6, 6.07) is 10.5. The van der Waals surface area contributed by atoms with Crippen LogP contribution in [0.15, 0.2) is 36.4 Å². The summed E-state index contributed by atoms with van der Waals surface area (Å²) in [4.78, 5) is 67.2. The molecule has 3 heterocycles. The maximum atomic E-state index is 13.8. The minimum atomic E-state index is -0.689. The first-order chi connectivity index (χ1) is 22.4. The predicted octanol–water partition coefficient (Wildman–Crippen LogP) is 3.37. The van der Waals surface area contributed by atoms with E-state index in [1.807, 2.05) is 44.2 Å². The summed E-state index contributed by atoms with van der Waals surface area (Å²) < 4.78 is 10.6. The van der Waals surface area contributed by atoms with E-state index in [9.17, 15) is 19.2 Å². The molecule has 2 aliphatic heterocycles. The number of piperazine rings is 1. The molecule has 2 aliphatic carbocycles. The van der Waals surface area contributed by atoms with Crippen molar-refractivity contribution in [1.82, 2.24) is 25.1 Å². The summed E-state index contributed by atoms with van der Waals surface area (Å²) in [5.74, 6) is 1.11. The second kappa shape index (κ2) is 14.0. The van der Waals surface area contributed by atoms with Crippen LogP contribution in [0.1, 0.15) is 56.4 Å². The van der Waals surface area contributed by atoms with Crippen molar-refractivity contribution in [3.8, 4) is 11.4 Å². The lowest BCUT2D eigenvalue weighted by atomic mass is 10.1. The minimum Gasteiger partial charge on any atom is -0.466 e. The molecule has 1 aromatic carbocycles. The smallest absolute Gasteiger partial charge is 0.409 e. The van der Waals surface area contributed by atoms with Gasteiger partial charge in [-0.1, -0.05) is 56.5 Å². The third kappa shape index (κ3) is 7.26. The Balaban J connectivity index is 1.15. The molecule has 6 rings (SSSR count). The number of esters is 1. The van der Waals surface area contributed by atoms with Crippen LogP contribution in [0.4, 0.5) is 10.6 Å². The number of hydrogen-bond acceptors (Lipinski definition) is 9. The van der Waals surface area contributed by atoms with Gasteiger partial charge in [0.15, 0.2) is 5.82 Å². The first-order valence-corrected chi connectivity index (χ1v) is 16.7. The molecule has 0 bridgehead atoms. The monoisotopic (exact) mass is 632 g/mol. The number of hydrogen-bond donors (Lipinski definition) is 1. The van der Waals surface area contributed by atoms with Gasteiger partial charge >= 0.3 is 12.1 Å². The summed E-state index contributed by atoms with van der Waals surface area (Å²) >= 11 is 0. The molecular weight excluding hydrogens is 588 g/mol. The van der Waals surface area contributed by atoms with Gasteiger partial charge in [-0.2, -0.15) is 0 Å². The first kappa shape index (κ1) is 31.7. The molecule has 246 valence electrons. The third-order valence-corrected chi connectivity index (χ3v) is 9.50. The SMILES string of the molecule is CCCCOC(=O)N1CCN(C(=O)[C@H](CC2CC2)NC(=O)c2cc(N3CC4C(C3)C4C(=O)OCC)nc(-c3ccccc3)n2)CC1. The molecular formula is C34H44N6O6. The molecule has 12 heteroatoms. The molecule has 0 spiro atoms. The number of ether oxygens (including phenoxy) is 2. The van der Waals surface area contributed by atoms with Crippen LogP contribution in [0.5, 0.6) is 0 Å². The first-order valence-electron chi connectivity index (χ1n) is 16.7. The lowest BCUT2D eigenvalue weighted by molar-refractivity contribution is -0.145. The van der Waals surface area contributed by atoms with Crippen LogP contribution in [-0.4, -0.2) is 102 Å². The quantitative estimate of drug-likeness (QED) is 0.276. The van der Waals surface area contributed by atoms with Gasteiger partial charge in [0.1, 0.15) is 17.6 Å². The van der Waals surface area contributed by atoms with E-state index in [1.54, 1.807) is 15.9 Å². The fourth-order valence-electron chi connectivity index (χ4n) is 6.60. The largest absolute Gasteiger partial charge is 0.466 e. The summed E-state index contributed by atoms with van der Waals surface area (Å²) in [6.45, 7) is 7.50. The molecule has 4 fully saturated rings. The molecule has 2 saturated heterocycles. The van der Waals surface area contributed by atoms with Gasteiger partial charge in [0.05, 0.1) is 19.1 Å². The molecule has 2 saturated carbocycles. The van der Waals surface area contributed by atoms with Crippen molar-refractivity contribution in [2.45, 2.75) is 52.0 Å². The average Bonchev–Trinajstić information content (AvgIpc) is 4.00. The highest BCUT2D eigenvalue weighted by atomic mass is 16.6. The van der Waals surface area contributed by atoms with Crippen LogP contribution in [0.3, 0.4) is 0 Å². The third-order valence-electron chi connectivity index (χ3n) is 9.50. The predicted molar refractivity (Wildman–Crippen MR) is 170 cm³/mol. The Morgan fingerprint density at radius 1 is 0.935 bits per heavy atom. The van der Waals surface area contributed by atoms with Gasteiger partial charge in [-0.05, 0) is 37.5 Å². The Bertz CT molecular complexity index is 1410. The maximum absolute atomic E-state index is 13.8. The van der Waals surface area contributed by atoms with Crippen LogP contribution in [0, 0.1) is 23.7 Å². The van der Waals surface area contributed by atoms with Gasteiger partial charge in [-0.15, -0.1) is 0 Å². The maximum Gasteiger partial charge on any atom is 0.409 e. The molecule has 0 radical (unpaired) electrons. The highest BCUT2D eigenvalue weighted by Gasteiger charge is 2.60. The lowest BCUT2D eigenvalue weighted by Crippen LogP contribution is -2.56. The second-order valence-electron chi connectivity index (χ2n) is 12.8. The zero-order chi connectivity index (χ0) is 32.2. The van der Waals surface area contributed by atoms with Crippen LogP contribution < -0.4 is 10.2 Å². The zero-order valence-corrected chi connectivity index (χ0v) is 26.7. The van der Waals surface area contributed by atoms with E-state index in [-0.39, 0.29) is 41.4 Å². The molecule has 1 N–H and O–H groups in total. The number of fused-ring (bicyclic) bond motifs is 1. The fraction of sp³-hybridized carbons (Fsp3) is 0.588. The van der Waals surface area contributed by atoms with Gasteiger partial charge in [-0.25, -0.2) is 14.8 Å². The second-order valence-corrected chi connectivity index (χ2v) is 12.8. The van der Waals surface area contributed by atoms with E-state index in [0.29, 0.717) is 76.5 Å². The Kier molecular flexibility index (Phi) is 9.70. The van der Waals surface area contributed by atoms with Gasteiger partial charge in [0, 0.05) is 50.9 Å². The molecule has 2 unspecified atom stereocenters. The topological polar surface area (TPSA) is 134 Å². The fourth-order valence-corrected chi connectivity index (χ4v) is 6.60. The molecule has 46 heavy (non-hydrogen) atoms. The van der Waals surface area contributed by atoms with Crippen molar-refractivity contribution < 1.29 is 28.7 Å². The Hall–Kier alpha value is -4.22. The van der Waals surface area contributed by atoms with Crippen molar-refractivity contribution in [3.63, 3.8) is 0 Å². The minimum absolute atomic E-state index is 0.0721. The van der Waals surface area contributed by atoms with Crippen LogP contribution in [0.25, 0.3) is 11.4 Å². The Morgan fingerprint density at radius 2 is 1.63 bits per heavy atom. The van der Waals surface area contributed by atoms with Gasteiger partial charge in [0.2, 0.25) is 5.91 Å². The van der Waals surface area contributed by atoms with Crippen molar-refractivity contribution in [2.24, 2.45) is 23.7 Å². The zero-order valence-electron chi connectivity index (χ0n) is 26.7. The number of rotatable bonds is 12. The van der Waals surface area contributed by atoms with Crippen molar-refractivity contribution in [1.29, 1.82) is 0 Å². The average molecular weight is 633 g/mol. The highest BCUT2D eigenvalue weighted by molar-refractivity contribution is 5.97. The molecule has 3 atom stereocenters. The molecule has 12 nitrogen and oxygen atoms in total. The van der Waals surface area contributed by atoms with E-state index in [0.717, 1.165) is 31.2 Å². The number of piperidine rings is 1. The van der Waals surface area contributed by atoms with E-state index >= 15 is 0 Å². The normalized spacial score (nSPS) is 22.6.